The predicted octanol–water partition coefficient (Wildman–Crippen LogP) is 4.74. The molecule has 1 spiro atoms. The summed E-state index contributed by atoms with van der Waals surface area (Å²) < 4.78 is 12.2. The molecular weight excluding hydrogens is 454 g/mol. The minimum atomic E-state index is -0.0564. The summed E-state index contributed by atoms with van der Waals surface area (Å²) in [6.07, 6.45) is 4.79. The Morgan fingerprint density at radius 2 is 1.72 bits per heavy atom. The number of hydrogen-bond acceptors (Lipinski definition) is 4. The van der Waals surface area contributed by atoms with Crippen LogP contribution < -0.4 is 4.74 Å². The lowest BCUT2D eigenvalue weighted by Gasteiger charge is -2.42. The molecule has 3 heterocycles. The molecule has 1 saturated heterocycles. The first kappa shape index (κ1) is 24.4. The average molecular weight is 490 g/mol. The number of nitrogens with one attached hydrogen (secondary N) is 1. The van der Waals surface area contributed by atoms with E-state index in [0.29, 0.717) is 56.5 Å². The van der Waals surface area contributed by atoms with Gasteiger partial charge in [0.25, 0.3) is 11.8 Å². The van der Waals surface area contributed by atoms with Crippen molar-refractivity contribution in [1.29, 1.82) is 0 Å². The highest BCUT2D eigenvalue weighted by Crippen LogP contribution is 2.38. The van der Waals surface area contributed by atoms with E-state index in [1.807, 2.05) is 59.5 Å². The monoisotopic (exact) mass is 489 g/mol. The molecule has 0 bridgehead atoms. The number of rotatable bonds is 1. The van der Waals surface area contributed by atoms with Gasteiger partial charge in [0.15, 0.2) is 0 Å². The topological polar surface area (TPSA) is 74.9 Å². The van der Waals surface area contributed by atoms with Crippen LogP contribution in [0.25, 0.3) is 10.9 Å². The summed E-state index contributed by atoms with van der Waals surface area (Å²) in [5.74, 6) is 0.623. The van der Waals surface area contributed by atoms with Crippen molar-refractivity contribution in [3.63, 3.8) is 0 Å². The smallest absolute Gasteiger partial charge is 0.270 e. The largest absolute Gasteiger partial charge is 0.492 e. The van der Waals surface area contributed by atoms with Gasteiger partial charge in [-0.1, -0.05) is 36.8 Å². The van der Waals surface area contributed by atoms with Crippen molar-refractivity contribution in [1.82, 2.24) is 14.8 Å². The number of fused-ring (bicyclic) bond motifs is 2. The predicted molar refractivity (Wildman–Crippen MR) is 139 cm³/mol. The van der Waals surface area contributed by atoms with E-state index in [2.05, 4.69) is 4.98 Å². The second-order valence-electron chi connectivity index (χ2n) is 10.1. The lowest BCUT2D eigenvalue weighted by atomic mass is 9.75. The van der Waals surface area contributed by atoms with Crippen molar-refractivity contribution >= 4 is 22.7 Å². The van der Waals surface area contributed by atoms with E-state index in [0.717, 1.165) is 43.0 Å². The normalized spacial score (nSPS) is 19.5. The van der Waals surface area contributed by atoms with Crippen molar-refractivity contribution in [2.45, 2.75) is 32.1 Å². The number of piperidine rings is 1. The molecule has 7 heteroatoms. The van der Waals surface area contributed by atoms with E-state index >= 15 is 0 Å². The van der Waals surface area contributed by atoms with Crippen LogP contribution >= 0.6 is 0 Å². The third kappa shape index (κ3) is 5.26. The van der Waals surface area contributed by atoms with Crippen LogP contribution in [0.2, 0.25) is 0 Å². The van der Waals surface area contributed by atoms with Crippen molar-refractivity contribution in [2.24, 2.45) is 5.41 Å². The van der Waals surface area contributed by atoms with E-state index in [1.54, 1.807) is 11.9 Å². The van der Waals surface area contributed by atoms with E-state index in [-0.39, 0.29) is 17.2 Å². The molecule has 0 unspecified atom stereocenters. The SMILES string of the molecule is CN1CCOCCCCC2(CCN(C(=O)c3cc4ccccc4[nH]3)CC2)COc2ccccc2C1=O. The fraction of sp³-hybridized carbons (Fsp3) is 0.448. The van der Waals surface area contributed by atoms with Gasteiger partial charge >= 0.3 is 0 Å². The molecule has 0 aliphatic carbocycles. The zero-order chi connectivity index (χ0) is 25.0. The van der Waals surface area contributed by atoms with E-state index in [1.165, 1.54) is 0 Å². The molecule has 36 heavy (non-hydrogen) atoms. The minimum absolute atomic E-state index is 0.0383. The molecule has 1 N–H and O–H groups in total. The van der Waals surface area contributed by atoms with Crippen molar-refractivity contribution in [3.8, 4) is 5.75 Å². The Hall–Kier alpha value is -3.32. The molecule has 1 fully saturated rings. The molecule has 1 aromatic heterocycles. The molecule has 7 nitrogen and oxygen atoms in total. The van der Waals surface area contributed by atoms with Gasteiger partial charge in [-0.05, 0) is 49.9 Å². The molecule has 2 aliphatic rings. The van der Waals surface area contributed by atoms with Crippen LogP contribution in [0.4, 0.5) is 0 Å². The standard InChI is InChI=1S/C29H35N3O4/c1-31-17-19-35-18-7-6-12-29(21-36-26-11-5-3-9-23(26)27(31)33)13-15-32(16-14-29)28(34)25-20-22-8-2-4-10-24(22)30-25/h2-5,8-11,20,30H,6-7,12-19,21H2,1H3. The third-order valence-corrected chi connectivity index (χ3v) is 7.69. The number of carbonyl (C=O) groups is 2. The van der Waals surface area contributed by atoms with Gasteiger partial charge in [-0.3, -0.25) is 9.59 Å². The van der Waals surface area contributed by atoms with Crippen LogP contribution in [0.1, 0.15) is 53.0 Å². The molecule has 5 rings (SSSR count). The fourth-order valence-corrected chi connectivity index (χ4v) is 5.32. The molecule has 190 valence electrons. The van der Waals surface area contributed by atoms with Gasteiger partial charge in [0, 0.05) is 49.6 Å². The number of likely N-dealkylation sites (N-methyl/N-ethyl adjacent to an activating group) is 1. The van der Waals surface area contributed by atoms with Gasteiger partial charge in [-0.15, -0.1) is 0 Å². The van der Waals surface area contributed by atoms with Crippen molar-refractivity contribution in [2.75, 3.05) is 46.5 Å². The average Bonchev–Trinajstić information content (AvgIpc) is 3.35. The molecule has 0 saturated carbocycles. The maximum Gasteiger partial charge on any atom is 0.270 e. The fourth-order valence-electron chi connectivity index (χ4n) is 5.32. The van der Waals surface area contributed by atoms with Crippen LogP contribution in [0, 0.1) is 5.41 Å². The van der Waals surface area contributed by atoms with Gasteiger partial charge in [0.05, 0.1) is 18.8 Å². The molecule has 2 aliphatic heterocycles. The van der Waals surface area contributed by atoms with Gasteiger partial charge < -0.3 is 24.3 Å². The number of ether oxygens (including phenoxy) is 2. The number of amides is 2. The Morgan fingerprint density at radius 1 is 0.944 bits per heavy atom. The molecular formula is C29H35N3O4. The van der Waals surface area contributed by atoms with Crippen LogP contribution in [-0.4, -0.2) is 73.1 Å². The van der Waals surface area contributed by atoms with Gasteiger partial charge in [-0.25, -0.2) is 0 Å². The summed E-state index contributed by atoms with van der Waals surface area (Å²) in [5.41, 5.74) is 2.17. The first-order valence-electron chi connectivity index (χ1n) is 13.0. The number of carbonyl (C=O) groups excluding carboxylic acids is 2. The summed E-state index contributed by atoms with van der Waals surface area (Å²) in [6.45, 7) is 3.70. The summed E-state index contributed by atoms with van der Waals surface area (Å²) in [4.78, 5) is 33.2. The summed E-state index contributed by atoms with van der Waals surface area (Å²) in [6, 6.07) is 17.4. The number of likely N-dealkylation sites (tertiary alicyclic amines) is 1. The summed E-state index contributed by atoms with van der Waals surface area (Å²) >= 11 is 0. The zero-order valence-corrected chi connectivity index (χ0v) is 21.0. The molecule has 0 radical (unpaired) electrons. The Bertz CT molecular complexity index is 1180. The number of H-pyrrole nitrogens is 1. The van der Waals surface area contributed by atoms with E-state index in [9.17, 15) is 9.59 Å². The van der Waals surface area contributed by atoms with Crippen molar-refractivity contribution in [3.05, 3.63) is 65.9 Å². The lowest BCUT2D eigenvalue weighted by molar-refractivity contribution is 0.0326. The number of aromatic amines is 1. The zero-order valence-electron chi connectivity index (χ0n) is 21.0. The van der Waals surface area contributed by atoms with Crippen LogP contribution in [-0.2, 0) is 4.74 Å². The molecule has 2 aromatic carbocycles. The van der Waals surface area contributed by atoms with E-state index < -0.39 is 0 Å². The first-order chi connectivity index (χ1) is 17.5. The third-order valence-electron chi connectivity index (χ3n) is 7.69. The second-order valence-corrected chi connectivity index (χ2v) is 10.1. The van der Waals surface area contributed by atoms with Gasteiger partial charge in [-0.2, -0.15) is 0 Å². The first-order valence-corrected chi connectivity index (χ1v) is 13.0. The summed E-state index contributed by atoms with van der Waals surface area (Å²) in [7, 11) is 1.80. The lowest BCUT2D eigenvalue weighted by Crippen LogP contribution is -2.45. The number of benzene rings is 2. The van der Waals surface area contributed by atoms with Gasteiger partial charge in [0.2, 0.25) is 0 Å². The number of aromatic nitrogens is 1. The Labute approximate surface area is 212 Å². The van der Waals surface area contributed by atoms with Crippen LogP contribution in [0.15, 0.2) is 54.6 Å². The Balaban J connectivity index is 1.31. The molecule has 0 atom stereocenters. The van der Waals surface area contributed by atoms with E-state index in [4.69, 9.17) is 9.47 Å². The maximum atomic E-state index is 13.3. The highest BCUT2D eigenvalue weighted by molar-refractivity contribution is 5.98. The number of para-hydroxylation sites is 2. The maximum absolute atomic E-state index is 13.3. The highest BCUT2D eigenvalue weighted by atomic mass is 16.5. The molecule has 3 aromatic rings. The van der Waals surface area contributed by atoms with Crippen LogP contribution in [0.5, 0.6) is 5.75 Å². The number of nitrogens with zero attached hydrogens (tertiary/aromatic N) is 2. The second kappa shape index (κ2) is 10.7. The Morgan fingerprint density at radius 3 is 2.56 bits per heavy atom. The highest BCUT2D eigenvalue weighted by Gasteiger charge is 2.37. The Kier molecular flexibility index (Phi) is 7.28. The quantitative estimate of drug-likeness (QED) is 0.536. The van der Waals surface area contributed by atoms with Crippen molar-refractivity contribution < 1.29 is 19.1 Å². The summed E-state index contributed by atoms with van der Waals surface area (Å²) in [5, 5.41) is 1.05. The molecule has 2 amide bonds. The number of hydrogen-bond donors (Lipinski definition) is 1. The van der Waals surface area contributed by atoms with Crippen LogP contribution in [0.3, 0.4) is 0 Å². The minimum Gasteiger partial charge on any atom is -0.492 e. The van der Waals surface area contributed by atoms with Gasteiger partial charge in [0.1, 0.15) is 11.4 Å².